The minimum atomic E-state index is 0.847. The number of rotatable bonds is 5. The van der Waals surface area contributed by atoms with E-state index in [2.05, 4.69) is 18.4 Å². The molecule has 0 amide bonds. The Bertz CT molecular complexity index is 715. The van der Waals surface area contributed by atoms with Crippen molar-refractivity contribution < 1.29 is 9.47 Å². The van der Waals surface area contributed by atoms with Crippen molar-refractivity contribution in [2.75, 3.05) is 20.5 Å². The van der Waals surface area contributed by atoms with Gasteiger partial charge in [0.2, 0.25) is 0 Å². The number of ether oxygens (including phenoxy) is 2. The number of methoxy groups -OCH3 is 2. The largest absolute Gasteiger partial charge is 0.497 e. The number of hydrogen-bond acceptors (Lipinski definition) is 5. The average molecular weight is 343 g/mol. The van der Waals surface area contributed by atoms with E-state index in [9.17, 15) is 0 Å². The maximum atomic E-state index is 5.24. The van der Waals surface area contributed by atoms with Gasteiger partial charge in [-0.1, -0.05) is 11.8 Å². The third-order valence-corrected chi connectivity index (χ3v) is 5.59. The molecule has 0 saturated heterocycles. The average Bonchev–Trinajstić information content (AvgIpc) is 3.06. The summed E-state index contributed by atoms with van der Waals surface area (Å²) in [5.74, 6) is 1.70. The van der Waals surface area contributed by atoms with Crippen LogP contribution in [0, 0.1) is 0 Å². The number of thiazole rings is 1. The summed E-state index contributed by atoms with van der Waals surface area (Å²) < 4.78 is 11.5. The van der Waals surface area contributed by atoms with Gasteiger partial charge < -0.3 is 9.47 Å². The molecule has 2 aromatic carbocycles. The number of aromatic nitrogens is 1. The first-order valence-corrected chi connectivity index (χ1v) is 9.13. The molecule has 0 spiro atoms. The smallest absolute Gasteiger partial charge is 0.150 e. The summed E-state index contributed by atoms with van der Waals surface area (Å²) in [5.41, 5.74) is 3.25. The molecule has 1 aromatic heterocycles. The van der Waals surface area contributed by atoms with E-state index in [1.165, 1.54) is 4.88 Å². The summed E-state index contributed by atoms with van der Waals surface area (Å²) in [7, 11) is 3.35. The van der Waals surface area contributed by atoms with Crippen molar-refractivity contribution >= 4 is 23.1 Å². The molecular formula is C18H17NO2S2. The second kappa shape index (κ2) is 7.06. The van der Waals surface area contributed by atoms with Gasteiger partial charge in [0.1, 0.15) is 11.5 Å². The normalized spacial score (nSPS) is 10.6. The Morgan fingerprint density at radius 3 is 1.83 bits per heavy atom. The molecule has 118 valence electrons. The Morgan fingerprint density at radius 2 is 1.35 bits per heavy atom. The van der Waals surface area contributed by atoms with E-state index in [-0.39, 0.29) is 0 Å². The van der Waals surface area contributed by atoms with Crippen molar-refractivity contribution in [1.29, 1.82) is 0 Å². The molecule has 0 radical (unpaired) electrons. The molecule has 0 aliphatic heterocycles. The molecule has 3 rings (SSSR count). The molecule has 1 heterocycles. The Morgan fingerprint density at radius 1 is 0.826 bits per heavy atom. The molecule has 23 heavy (non-hydrogen) atoms. The second-order valence-electron chi connectivity index (χ2n) is 4.82. The summed E-state index contributed by atoms with van der Waals surface area (Å²) in [6.45, 7) is 0. The zero-order valence-corrected chi connectivity index (χ0v) is 14.8. The molecule has 0 fully saturated rings. The molecule has 5 heteroatoms. The topological polar surface area (TPSA) is 31.4 Å². The van der Waals surface area contributed by atoms with Crippen molar-refractivity contribution in [1.82, 2.24) is 4.98 Å². The van der Waals surface area contributed by atoms with Gasteiger partial charge in [-0.3, -0.25) is 0 Å². The summed E-state index contributed by atoms with van der Waals surface area (Å²) in [6.07, 6.45) is 2.05. The summed E-state index contributed by atoms with van der Waals surface area (Å²) in [4.78, 5) is 5.95. The third kappa shape index (κ3) is 3.35. The highest BCUT2D eigenvalue weighted by Gasteiger charge is 2.15. The van der Waals surface area contributed by atoms with Gasteiger partial charge in [-0.15, -0.1) is 11.3 Å². The van der Waals surface area contributed by atoms with Gasteiger partial charge in [0, 0.05) is 5.56 Å². The van der Waals surface area contributed by atoms with Crippen molar-refractivity contribution in [2.24, 2.45) is 0 Å². The first kappa shape index (κ1) is 15.9. The van der Waals surface area contributed by atoms with Crippen LogP contribution in [0.5, 0.6) is 11.5 Å². The highest BCUT2D eigenvalue weighted by molar-refractivity contribution is 8.00. The van der Waals surface area contributed by atoms with Gasteiger partial charge in [0.15, 0.2) is 4.34 Å². The molecule has 0 saturated carbocycles. The van der Waals surface area contributed by atoms with Crippen LogP contribution in [-0.2, 0) is 0 Å². The monoisotopic (exact) mass is 343 g/mol. The maximum Gasteiger partial charge on any atom is 0.150 e. The molecule has 0 unspecified atom stereocenters. The quantitative estimate of drug-likeness (QED) is 0.595. The fourth-order valence-corrected chi connectivity index (χ4v) is 3.86. The van der Waals surface area contributed by atoms with E-state index in [0.717, 1.165) is 32.7 Å². The molecule has 0 aliphatic carbocycles. The zero-order valence-electron chi connectivity index (χ0n) is 13.2. The van der Waals surface area contributed by atoms with E-state index in [4.69, 9.17) is 14.5 Å². The first-order valence-electron chi connectivity index (χ1n) is 7.09. The molecule has 0 aliphatic rings. The minimum absolute atomic E-state index is 0.847. The molecule has 0 N–H and O–H groups in total. The lowest BCUT2D eigenvalue weighted by molar-refractivity contribution is 0.414. The Balaban J connectivity index is 2.06. The summed E-state index contributed by atoms with van der Waals surface area (Å²) in [5, 5.41) is 0. The van der Waals surface area contributed by atoms with Crippen molar-refractivity contribution in [3.8, 4) is 33.2 Å². The first-order chi connectivity index (χ1) is 11.2. The Labute approximate surface area is 144 Å². The lowest BCUT2D eigenvalue weighted by atomic mass is 10.1. The standard InChI is InChI=1S/C18H17NO2S2/c1-20-14-8-4-12(5-9-14)16-17(23-18(19-16)22-3)13-6-10-15(21-2)11-7-13/h4-11H,1-3H3. The van der Waals surface area contributed by atoms with E-state index in [0.29, 0.717) is 0 Å². The van der Waals surface area contributed by atoms with Gasteiger partial charge >= 0.3 is 0 Å². The van der Waals surface area contributed by atoms with Gasteiger partial charge in [-0.25, -0.2) is 4.98 Å². The van der Waals surface area contributed by atoms with Crippen molar-refractivity contribution in [3.05, 3.63) is 48.5 Å². The van der Waals surface area contributed by atoms with Crippen LogP contribution in [0.3, 0.4) is 0 Å². The highest BCUT2D eigenvalue weighted by atomic mass is 32.2. The van der Waals surface area contributed by atoms with Gasteiger partial charge in [-0.2, -0.15) is 0 Å². The number of benzene rings is 2. The van der Waals surface area contributed by atoms with E-state index < -0.39 is 0 Å². The van der Waals surface area contributed by atoms with Gasteiger partial charge in [-0.05, 0) is 60.4 Å². The Kier molecular flexibility index (Phi) is 4.88. The molecule has 0 atom stereocenters. The van der Waals surface area contributed by atoms with Crippen LogP contribution in [0.15, 0.2) is 52.9 Å². The summed E-state index contributed by atoms with van der Waals surface area (Å²) >= 11 is 3.38. The summed E-state index contributed by atoms with van der Waals surface area (Å²) in [6, 6.07) is 16.1. The maximum absolute atomic E-state index is 5.24. The lowest BCUT2D eigenvalue weighted by Crippen LogP contribution is -1.86. The highest BCUT2D eigenvalue weighted by Crippen LogP contribution is 2.40. The van der Waals surface area contributed by atoms with Crippen molar-refractivity contribution in [2.45, 2.75) is 4.34 Å². The van der Waals surface area contributed by atoms with Crippen LogP contribution in [0.4, 0.5) is 0 Å². The van der Waals surface area contributed by atoms with Crippen LogP contribution < -0.4 is 9.47 Å². The Hall–Kier alpha value is -1.98. The predicted molar refractivity (Wildman–Crippen MR) is 97.9 cm³/mol. The van der Waals surface area contributed by atoms with E-state index >= 15 is 0 Å². The third-order valence-electron chi connectivity index (χ3n) is 3.50. The number of thioether (sulfide) groups is 1. The van der Waals surface area contributed by atoms with Gasteiger partial charge in [0.05, 0.1) is 24.8 Å². The minimum Gasteiger partial charge on any atom is -0.497 e. The second-order valence-corrected chi connectivity index (χ2v) is 6.87. The molecule has 3 aromatic rings. The van der Waals surface area contributed by atoms with E-state index in [1.807, 2.05) is 36.4 Å². The number of nitrogens with zero attached hydrogens (tertiary/aromatic N) is 1. The fraction of sp³-hybridized carbons (Fsp3) is 0.167. The number of hydrogen-bond donors (Lipinski definition) is 0. The van der Waals surface area contributed by atoms with Crippen molar-refractivity contribution in [3.63, 3.8) is 0 Å². The molecular weight excluding hydrogens is 326 g/mol. The molecule has 0 bridgehead atoms. The SMILES string of the molecule is COc1ccc(-c2nc(SC)sc2-c2ccc(OC)cc2)cc1. The zero-order chi connectivity index (χ0) is 16.2. The van der Waals surface area contributed by atoms with Crippen LogP contribution in [0.2, 0.25) is 0 Å². The fourth-order valence-electron chi connectivity index (χ4n) is 2.27. The van der Waals surface area contributed by atoms with Crippen LogP contribution in [0.25, 0.3) is 21.7 Å². The van der Waals surface area contributed by atoms with Crippen LogP contribution >= 0.6 is 23.1 Å². The van der Waals surface area contributed by atoms with Crippen LogP contribution in [-0.4, -0.2) is 25.5 Å². The van der Waals surface area contributed by atoms with E-state index in [1.54, 1.807) is 37.3 Å². The van der Waals surface area contributed by atoms with Gasteiger partial charge in [0.25, 0.3) is 0 Å². The van der Waals surface area contributed by atoms with Crippen LogP contribution in [0.1, 0.15) is 0 Å². The lowest BCUT2D eigenvalue weighted by Gasteiger charge is -2.05. The predicted octanol–water partition coefficient (Wildman–Crippen LogP) is 5.22. The molecule has 3 nitrogen and oxygen atoms in total.